The van der Waals surface area contributed by atoms with Crippen molar-refractivity contribution in [3.8, 4) is 0 Å². The molecule has 1 aliphatic rings. The van der Waals surface area contributed by atoms with Crippen LogP contribution in [0.2, 0.25) is 5.02 Å². The van der Waals surface area contributed by atoms with Crippen LogP contribution in [0.25, 0.3) is 0 Å². The molecular weight excluding hydrogens is 256 g/mol. The summed E-state index contributed by atoms with van der Waals surface area (Å²) in [7, 11) is 1.61. The van der Waals surface area contributed by atoms with Gasteiger partial charge in [0.1, 0.15) is 6.04 Å². The zero-order valence-corrected chi connectivity index (χ0v) is 10.6. The minimum absolute atomic E-state index is 0.0646. The van der Waals surface area contributed by atoms with Crippen molar-refractivity contribution >= 4 is 29.2 Å². The molecule has 1 saturated heterocycles. The molecule has 0 bridgehead atoms. The Morgan fingerprint density at radius 3 is 2.56 bits per heavy atom. The van der Waals surface area contributed by atoms with E-state index in [1.54, 1.807) is 36.2 Å². The van der Waals surface area contributed by atoms with E-state index in [1.165, 1.54) is 4.90 Å². The average molecular weight is 269 g/mol. The lowest BCUT2D eigenvalue weighted by Gasteiger charge is -2.38. The smallest absolute Gasteiger partial charge is 0.328 e. The van der Waals surface area contributed by atoms with E-state index in [0.29, 0.717) is 10.7 Å². The van der Waals surface area contributed by atoms with Gasteiger partial charge in [-0.1, -0.05) is 11.6 Å². The SMILES string of the molecule is CN1CC(C(=O)O)N(c2ccc(Cl)cc2)CC1=O. The number of carbonyl (C=O) groups is 2. The topological polar surface area (TPSA) is 60.9 Å². The number of carbonyl (C=O) groups excluding carboxylic acids is 1. The van der Waals surface area contributed by atoms with Gasteiger partial charge in [-0.25, -0.2) is 4.79 Å². The Morgan fingerprint density at radius 2 is 2.00 bits per heavy atom. The summed E-state index contributed by atoms with van der Waals surface area (Å²) in [6.45, 7) is 0.242. The second kappa shape index (κ2) is 4.86. The molecule has 1 aromatic rings. The number of nitrogens with zero attached hydrogens (tertiary/aromatic N) is 2. The van der Waals surface area contributed by atoms with Gasteiger partial charge in [0.05, 0.1) is 13.1 Å². The van der Waals surface area contributed by atoms with Crippen molar-refractivity contribution in [3.05, 3.63) is 29.3 Å². The molecule has 1 amide bonds. The van der Waals surface area contributed by atoms with Crippen molar-refractivity contribution in [1.82, 2.24) is 4.90 Å². The Labute approximate surface area is 110 Å². The van der Waals surface area contributed by atoms with Gasteiger partial charge in [-0.3, -0.25) is 4.79 Å². The molecule has 0 saturated carbocycles. The summed E-state index contributed by atoms with van der Waals surface area (Å²) in [6.07, 6.45) is 0. The molecule has 0 aliphatic carbocycles. The van der Waals surface area contributed by atoms with Crippen LogP contribution in [0.1, 0.15) is 0 Å². The number of piperazine rings is 1. The van der Waals surface area contributed by atoms with Crippen LogP contribution in [-0.4, -0.2) is 48.1 Å². The van der Waals surface area contributed by atoms with Gasteiger partial charge in [0.2, 0.25) is 5.91 Å². The van der Waals surface area contributed by atoms with Crippen molar-refractivity contribution < 1.29 is 14.7 Å². The van der Waals surface area contributed by atoms with Gasteiger partial charge < -0.3 is 14.9 Å². The Balaban J connectivity index is 2.30. The minimum Gasteiger partial charge on any atom is -0.480 e. The van der Waals surface area contributed by atoms with E-state index in [2.05, 4.69) is 0 Å². The molecule has 0 aromatic heterocycles. The fourth-order valence-corrected chi connectivity index (χ4v) is 2.08. The molecule has 1 N–H and O–H groups in total. The van der Waals surface area contributed by atoms with Crippen LogP contribution in [-0.2, 0) is 9.59 Å². The second-order valence-corrected chi connectivity index (χ2v) is 4.67. The Bertz CT molecular complexity index is 475. The van der Waals surface area contributed by atoms with E-state index in [1.807, 2.05) is 0 Å². The number of likely N-dealkylation sites (N-methyl/N-ethyl adjacent to an activating group) is 1. The molecular formula is C12H13ClN2O3. The van der Waals surface area contributed by atoms with E-state index in [0.717, 1.165) is 0 Å². The number of benzene rings is 1. The number of aliphatic carboxylic acids is 1. The standard InChI is InChI=1S/C12H13ClN2O3/c1-14-6-10(12(17)18)15(7-11(14)16)9-4-2-8(13)3-5-9/h2-5,10H,6-7H2,1H3,(H,17,18). The highest BCUT2D eigenvalue weighted by molar-refractivity contribution is 6.30. The van der Waals surface area contributed by atoms with Crippen molar-refractivity contribution in [2.24, 2.45) is 0 Å². The number of carboxylic acids is 1. The summed E-state index contributed by atoms with van der Waals surface area (Å²) < 4.78 is 0. The first-order valence-corrected chi connectivity index (χ1v) is 5.86. The summed E-state index contributed by atoms with van der Waals surface area (Å²) in [4.78, 5) is 25.9. The summed E-state index contributed by atoms with van der Waals surface area (Å²) in [6, 6.07) is 6.07. The predicted octanol–water partition coefficient (Wildman–Crippen LogP) is 1.07. The van der Waals surface area contributed by atoms with Crippen molar-refractivity contribution in [2.45, 2.75) is 6.04 Å². The molecule has 1 aliphatic heterocycles. The van der Waals surface area contributed by atoms with Gasteiger partial charge in [0, 0.05) is 17.8 Å². The highest BCUT2D eigenvalue weighted by Crippen LogP contribution is 2.22. The lowest BCUT2D eigenvalue weighted by Crippen LogP contribution is -2.58. The normalized spacial score (nSPS) is 20.1. The van der Waals surface area contributed by atoms with E-state index in [4.69, 9.17) is 11.6 Å². The molecule has 0 spiro atoms. The number of amides is 1. The Morgan fingerprint density at radius 1 is 1.39 bits per heavy atom. The molecule has 1 heterocycles. The van der Waals surface area contributed by atoms with Crippen molar-refractivity contribution in [1.29, 1.82) is 0 Å². The molecule has 0 radical (unpaired) electrons. The molecule has 6 heteroatoms. The van der Waals surface area contributed by atoms with Crippen LogP contribution in [0, 0.1) is 0 Å². The Kier molecular flexibility index (Phi) is 3.43. The second-order valence-electron chi connectivity index (χ2n) is 4.23. The highest BCUT2D eigenvalue weighted by atomic mass is 35.5. The van der Waals surface area contributed by atoms with Crippen LogP contribution in [0.4, 0.5) is 5.69 Å². The molecule has 1 fully saturated rings. The molecule has 1 aromatic carbocycles. The molecule has 2 rings (SSSR count). The van der Waals surface area contributed by atoms with E-state index >= 15 is 0 Å². The highest BCUT2D eigenvalue weighted by Gasteiger charge is 2.34. The van der Waals surface area contributed by atoms with E-state index < -0.39 is 12.0 Å². The van der Waals surface area contributed by atoms with Crippen LogP contribution >= 0.6 is 11.6 Å². The first-order valence-electron chi connectivity index (χ1n) is 5.48. The maximum Gasteiger partial charge on any atom is 0.328 e. The van der Waals surface area contributed by atoms with E-state index in [-0.39, 0.29) is 19.0 Å². The van der Waals surface area contributed by atoms with Crippen LogP contribution in [0.15, 0.2) is 24.3 Å². The summed E-state index contributed by atoms with van der Waals surface area (Å²) in [5.41, 5.74) is 0.688. The third-order valence-corrected chi connectivity index (χ3v) is 3.25. The fourth-order valence-electron chi connectivity index (χ4n) is 1.95. The molecule has 96 valence electrons. The van der Waals surface area contributed by atoms with Crippen LogP contribution in [0.3, 0.4) is 0 Å². The maximum absolute atomic E-state index is 11.7. The van der Waals surface area contributed by atoms with Gasteiger partial charge in [-0.2, -0.15) is 0 Å². The minimum atomic E-state index is -0.940. The van der Waals surface area contributed by atoms with Gasteiger partial charge in [0.15, 0.2) is 0 Å². The zero-order valence-electron chi connectivity index (χ0n) is 9.84. The molecule has 1 atom stereocenters. The first-order chi connectivity index (χ1) is 8.49. The largest absolute Gasteiger partial charge is 0.480 e. The summed E-state index contributed by atoms with van der Waals surface area (Å²) in [5.74, 6) is -1.04. The lowest BCUT2D eigenvalue weighted by atomic mass is 10.1. The monoisotopic (exact) mass is 268 g/mol. The summed E-state index contributed by atoms with van der Waals surface area (Å²) in [5, 5.41) is 9.80. The fraction of sp³-hybridized carbons (Fsp3) is 0.333. The van der Waals surface area contributed by atoms with Gasteiger partial charge in [0.25, 0.3) is 0 Å². The molecule has 5 nitrogen and oxygen atoms in total. The number of hydrogen-bond acceptors (Lipinski definition) is 3. The molecule has 18 heavy (non-hydrogen) atoms. The molecule has 1 unspecified atom stereocenters. The lowest BCUT2D eigenvalue weighted by molar-refractivity contribution is -0.141. The maximum atomic E-state index is 11.7. The predicted molar refractivity (Wildman–Crippen MR) is 67.9 cm³/mol. The third kappa shape index (κ3) is 2.41. The van der Waals surface area contributed by atoms with Crippen LogP contribution in [0.5, 0.6) is 0 Å². The number of halogens is 1. The number of anilines is 1. The zero-order chi connectivity index (χ0) is 13.3. The quantitative estimate of drug-likeness (QED) is 0.872. The van der Waals surface area contributed by atoms with Crippen LogP contribution < -0.4 is 4.90 Å². The van der Waals surface area contributed by atoms with Gasteiger partial charge >= 0.3 is 5.97 Å². The average Bonchev–Trinajstić information content (AvgIpc) is 2.33. The van der Waals surface area contributed by atoms with Gasteiger partial charge in [-0.15, -0.1) is 0 Å². The first kappa shape index (κ1) is 12.7. The summed E-state index contributed by atoms with van der Waals surface area (Å²) >= 11 is 5.79. The van der Waals surface area contributed by atoms with Crippen molar-refractivity contribution in [2.75, 3.05) is 25.0 Å². The Hall–Kier alpha value is -1.75. The number of hydrogen-bond donors (Lipinski definition) is 1. The number of rotatable bonds is 2. The van der Waals surface area contributed by atoms with Crippen molar-refractivity contribution in [3.63, 3.8) is 0 Å². The number of carboxylic acid groups (broad SMARTS) is 1. The van der Waals surface area contributed by atoms with Gasteiger partial charge in [-0.05, 0) is 24.3 Å². The van der Waals surface area contributed by atoms with E-state index in [9.17, 15) is 14.7 Å². The third-order valence-electron chi connectivity index (χ3n) is 3.00.